The largest absolute Gasteiger partial charge is 0.394 e. The molecular weight excluding hydrogens is 224 g/mol. The molecule has 0 radical (unpaired) electrons. The average Bonchev–Trinajstić information content (AvgIpc) is 2.48. The maximum atomic E-state index is 9.63. The first-order valence-corrected chi connectivity index (χ1v) is 7.49. The van der Waals surface area contributed by atoms with Gasteiger partial charge in [-0.3, -0.25) is 0 Å². The molecule has 0 aromatic rings. The number of aliphatic hydroxyl groups is 1. The molecule has 18 heavy (non-hydrogen) atoms. The average molecular weight is 256 g/mol. The molecule has 1 saturated heterocycles. The lowest BCUT2D eigenvalue weighted by atomic mass is 9.85. The highest BCUT2D eigenvalue weighted by atomic mass is 16.3. The van der Waals surface area contributed by atoms with Crippen molar-refractivity contribution in [3.63, 3.8) is 0 Å². The molecular formula is C15H32N2O. The fraction of sp³-hybridized carbons (Fsp3) is 1.00. The molecule has 3 heteroatoms. The third-order valence-electron chi connectivity index (χ3n) is 4.16. The molecule has 1 atom stereocenters. The van der Waals surface area contributed by atoms with Crippen LogP contribution in [0.3, 0.4) is 0 Å². The molecule has 1 rings (SSSR count). The smallest absolute Gasteiger partial charge is 0.0623 e. The highest BCUT2D eigenvalue weighted by Crippen LogP contribution is 2.30. The van der Waals surface area contributed by atoms with Crippen molar-refractivity contribution in [2.75, 3.05) is 32.8 Å². The molecule has 0 aromatic heterocycles. The zero-order valence-corrected chi connectivity index (χ0v) is 12.8. The van der Waals surface area contributed by atoms with Gasteiger partial charge >= 0.3 is 0 Å². The third-order valence-corrected chi connectivity index (χ3v) is 4.16. The van der Waals surface area contributed by atoms with E-state index >= 15 is 0 Å². The molecule has 0 amide bonds. The van der Waals surface area contributed by atoms with Crippen LogP contribution in [-0.2, 0) is 0 Å². The van der Waals surface area contributed by atoms with E-state index in [0.717, 1.165) is 26.1 Å². The molecule has 3 nitrogen and oxygen atoms in total. The minimum absolute atomic E-state index is 0.148. The summed E-state index contributed by atoms with van der Waals surface area (Å²) in [6.07, 6.45) is 4.98. The summed E-state index contributed by atoms with van der Waals surface area (Å²) in [6, 6.07) is 0. The standard InChI is InChI=1S/C15H32N2O/c1-5-9-16-15(4,13-18)12-17-10-6-7-14(2,3)8-11-17/h16,18H,5-13H2,1-4H3. The van der Waals surface area contributed by atoms with Crippen LogP contribution in [0.5, 0.6) is 0 Å². The van der Waals surface area contributed by atoms with E-state index in [1.165, 1.54) is 25.8 Å². The minimum Gasteiger partial charge on any atom is -0.394 e. The van der Waals surface area contributed by atoms with Crippen LogP contribution in [0.25, 0.3) is 0 Å². The van der Waals surface area contributed by atoms with E-state index in [1.54, 1.807) is 0 Å². The summed E-state index contributed by atoms with van der Waals surface area (Å²) in [5, 5.41) is 13.1. The number of nitrogens with one attached hydrogen (secondary N) is 1. The molecule has 2 N–H and O–H groups in total. The monoisotopic (exact) mass is 256 g/mol. The van der Waals surface area contributed by atoms with Gasteiger partial charge in [-0.2, -0.15) is 0 Å². The second-order valence-electron chi connectivity index (χ2n) is 6.94. The Bertz CT molecular complexity index is 243. The van der Waals surface area contributed by atoms with Crippen LogP contribution in [-0.4, -0.2) is 48.3 Å². The van der Waals surface area contributed by atoms with Crippen LogP contribution in [0.1, 0.15) is 53.4 Å². The van der Waals surface area contributed by atoms with Crippen molar-refractivity contribution in [2.45, 2.75) is 58.9 Å². The van der Waals surface area contributed by atoms with Crippen molar-refractivity contribution in [2.24, 2.45) is 5.41 Å². The molecule has 0 aliphatic carbocycles. The van der Waals surface area contributed by atoms with Crippen LogP contribution >= 0.6 is 0 Å². The van der Waals surface area contributed by atoms with Gasteiger partial charge < -0.3 is 15.3 Å². The van der Waals surface area contributed by atoms with Gasteiger partial charge in [-0.25, -0.2) is 0 Å². The second kappa shape index (κ2) is 6.88. The summed E-state index contributed by atoms with van der Waals surface area (Å²) in [5.74, 6) is 0. The highest BCUT2D eigenvalue weighted by Gasteiger charge is 2.29. The number of aliphatic hydroxyl groups excluding tert-OH is 1. The lowest BCUT2D eigenvalue weighted by molar-refractivity contribution is 0.120. The number of rotatable bonds is 6. The number of nitrogens with zero attached hydrogens (tertiary/aromatic N) is 1. The molecule has 0 bridgehead atoms. The van der Waals surface area contributed by atoms with Gasteiger partial charge in [0.15, 0.2) is 0 Å². The summed E-state index contributed by atoms with van der Waals surface area (Å²) in [5.41, 5.74) is 0.339. The van der Waals surface area contributed by atoms with Gasteiger partial charge in [-0.15, -0.1) is 0 Å². The van der Waals surface area contributed by atoms with Crippen molar-refractivity contribution in [1.82, 2.24) is 10.2 Å². The third kappa shape index (κ3) is 5.25. The van der Waals surface area contributed by atoms with E-state index in [0.29, 0.717) is 5.41 Å². The zero-order valence-electron chi connectivity index (χ0n) is 12.8. The fourth-order valence-corrected chi connectivity index (χ4v) is 2.72. The van der Waals surface area contributed by atoms with Gasteiger partial charge in [0.25, 0.3) is 0 Å². The molecule has 1 aliphatic heterocycles. The maximum absolute atomic E-state index is 9.63. The number of hydrogen-bond donors (Lipinski definition) is 2. The lowest BCUT2D eigenvalue weighted by Gasteiger charge is -2.35. The van der Waals surface area contributed by atoms with Gasteiger partial charge in [0.05, 0.1) is 12.1 Å². The van der Waals surface area contributed by atoms with Gasteiger partial charge in [0.2, 0.25) is 0 Å². The predicted octanol–water partition coefficient (Wildman–Crippen LogP) is 2.25. The summed E-state index contributed by atoms with van der Waals surface area (Å²) in [4.78, 5) is 2.52. The van der Waals surface area contributed by atoms with Crippen LogP contribution in [0.2, 0.25) is 0 Å². The molecule has 1 aliphatic rings. The Labute approximate surface area is 113 Å². The van der Waals surface area contributed by atoms with E-state index < -0.39 is 0 Å². The molecule has 0 saturated carbocycles. The fourth-order valence-electron chi connectivity index (χ4n) is 2.72. The minimum atomic E-state index is -0.148. The Morgan fingerprint density at radius 3 is 2.61 bits per heavy atom. The predicted molar refractivity (Wildman–Crippen MR) is 77.9 cm³/mol. The first kappa shape index (κ1) is 15.9. The highest BCUT2D eigenvalue weighted by molar-refractivity contribution is 4.87. The van der Waals surface area contributed by atoms with Crippen LogP contribution < -0.4 is 5.32 Å². The van der Waals surface area contributed by atoms with E-state index in [4.69, 9.17) is 0 Å². The molecule has 0 spiro atoms. The molecule has 1 heterocycles. The second-order valence-corrected chi connectivity index (χ2v) is 6.94. The lowest BCUT2D eigenvalue weighted by Crippen LogP contribution is -2.54. The van der Waals surface area contributed by atoms with E-state index in [2.05, 4.69) is 37.9 Å². The number of likely N-dealkylation sites (tertiary alicyclic amines) is 1. The molecule has 108 valence electrons. The molecule has 1 fully saturated rings. The number of hydrogen-bond acceptors (Lipinski definition) is 3. The summed E-state index contributed by atoms with van der Waals surface area (Å²) < 4.78 is 0. The van der Waals surface area contributed by atoms with E-state index in [1.807, 2.05) is 0 Å². The zero-order chi connectivity index (χ0) is 13.6. The Hall–Kier alpha value is -0.120. The SMILES string of the molecule is CCCNC(C)(CO)CN1CCCC(C)(C)CC1. The van der Waals surface area contributed by atoms with E-state index in [9.17, 15) is 5.11 Å². The normalized spacial score (nSPS) is 24.5. The van der Waals surface area contributed by atoms with Crippen LogP contribution in [0.15, 0.2) is 0 Å². The van der Waals surface area contributed by atoms with Gasteiger partial charge in [-0.05, 0) is 57.7 Å². The Morgan fingerprint density at radius 1 is 1.28 bits per heavy atom. The van der Waals surface area contributed by atoms with Gasteiger partial charge in [-0.1, -0.05) is 20.8 Å². The van der Waals surface area contributed by atoms with Crippen molar-refractivity contribution in [3.05, 3.63) is 0 Å². The first-order chi connectivity index (χ1) is 8.41. The Kier molecular flexibility index (Phi) is 6.09. The van der Waals surface area contributed by atoms with Crippen molar-refractivity contribution >= 4 is 0 Å². The van der Waals surface area contributed by atoms with Crippen molar-refractivity contribution in [3.8, 4) is 0 Å². The summed E-state index contributed by atoms with van der Waals surface area (Å²) in [6.45, 7) is 13.5. The van der Waals surface area contributed by atoms with Gasteiger partial charge in [0, 0.05) is 6.54 Å². The Morgan fingerprint density at radius 2 is 2.00 bits per heavy atom. The van der Waals surface area contributed by atoms with E-state index in [-0.39, 0.29) is 12.1 Å². The molecule has 1 unspecified atom stereocenters. The molecule has 0 aromatic carbocycles. The van der Waals surface area contributed by atoms with Crippen LogP contribution in [0, 0.1) is 5.41 Å². The first-order valence-electron chi connectivity index (χ1n) is 7.49. The van der Waals surface area contributed by atoms with Crippen molar-refractivity contribution in [1.29, 1.82) is 0 Å². The summed E-state index contributed by atoms with van der Waals surface area (Å²) >= 11 is 0. The maximum Gasteiger partial charge on any atom is 0.0623 e. The van der Waals surface area contributed by atoms with Crippen LogP contribution in [0.4, 0.5) is 0 Å². The quantitative estimate of drug-likeness (QED) is 0.765. The topological polar surface area (TPSA) is 35.5 Å². The Balaban J connectivity index is 2.49. The van der Waals surface area contributed by atoms with Gasteiger partial charge in [0.1, 0.15) is 0 Å². The summed E-state index contributed by atoms with van der Waals surface area (Å²) in [7, 11) is 0. The van der Waals surface area contributed by atoms with Crippen molar-refractivity contribution < 1.29 is 5.11 Å².